The number of hydrogen-bond acceptors (Lipinski definition) is 4. The van der Waals surface area contributed by atoms with E-state index in [1.807, 2.05) is 77.7 Å². The van der Waals surface area contributed by atoms with Crippen LogP contribution >= 0.6 is 0 Å². The molecule has 142 valence electrons. The van der Waals surface area contributed by atoms with E-state index < -0.39 is 0 Å². The molecule has 1 aliphatic rings. The van der Waals surface area contributed by atoms with Gasteiger partial charge in [-0.3, -0.25) is 4.79 Å². The van der Waals surface area contributed by atoms with Crippen molar-refractivity contribution >= 4 is 11.6 Å². The van der Waals surface area contributed by atoms with Crippen molar-refractivity contribution in [3.05, 3.63) is 89.5 Å². The molecule has 5 heteroatoms. The van der Waals surface area contributed by atoms with Gasteiger partial charge in [0.25, 0.3) is 5.91 Å². The minimum absolute atomic E-state index is 0.0128. The first-order chi connectivity index (χ1) is 13.7. The molecule has 28 heavy (non-hydrogen) atoms. The number of anilines is 1. The number of carbonyl (C=O) groups excluding carboxylic acids is 1. The highest BCUT2D eigenvalue weighted by atomic mass is 16.5. The van der Waals surface area contributed by atoms with Crippen LogP contribution in [0.15, 0.2) is 72.8 Å². The van der Waals surface area contributed by atoms with Gasteiger partial charge in [-0.2, -0.15) is 0 Å². The Morgan fingerprint density at radius 1 is 0.929 bits per heavy atom. The topological polar surface area (TPSA) is 50.8 Å². The first-order valence-electron chi connectivity index (χ1n) is 9.13. The Bertz CT molecular complexity index is 988. The van der Waals surface area contributed by atoms with Crippen molar-refractivity contribution in [3.63, 3.8) is 0 Å². The predicted molar refractivity (Wildman–Crippen MR) is 109 cm³/mol. The molecule has 0 bridgehead atoms. The van der Waals surface area contributed by atoms with Crippen LogP contribution in [-0.2, 0) is 6.54 Å². The molecule has 1 heterocycles. The van der Waals surface area contributed by atoms with E-state index in [2.05, 4.69) is 5.32 Å². The van der Waals surface area contributed by atoms with Gasteiger partial charge in [0.05, 0.1) is 19.9 Å². The van der Waals surface area contributed by atoms with Gasteiger partial charge in [-0.15, -0.1) is 0 Å². The number of methoxy groups -OCH3 is 2. The Morgan fingerprint density at radius 2 is 1.68 bits per heavy atom. The molecule has 0 aliphatic carbocycles. The van der Waals surface area contributed by atoms with E-state index >= 15 is 0 Å². The maximum Gasteiger partial charge on any atom is 0.256 e. The summed E-state index contributed by atoms with van der Waals surface area (Å²) in [6.07, 6.45) is -0.301. The van der Waals surface area contributed by atoms with Crippen LogP contribution in [0.3, 0.4) is 0 Å². The lowest BCUT2D eigenvalue weighted by atomic mass is 10.1. The van der Waals surface area contributed by atoms with Crippen molar-refractivity contribution in [3.8, 4) is 11.5 Å². The minimum atomic E-state index is -0.301. The van der Waals surface area contributed by atoms with Crippen molar-refractivity contribution in [1.29, 1.82) is 0 Å². The Balaban J connectivity index is 1.72. The van der Waals surface area contributed by atoms with E-state index in [-0.39, 0.29) is 12.1 Å². The number of nitrogens with one attached hydrogen (secondary N) is 1. The summed E-state index contributed by atoms with van der Waals surface area (Å²) < 4.78 is 10.9. The molecule has 0 unspecified atom stereocenters. The number of fused-ring (bicyclic) bond motifs is 1. The van der Waals surface area contributed by atoms with Crippen LogP contribution in [0, 0.1) is 0 Å². The molecule has 0 spiro atoms. The highest BCUT2D eigenvalue weighted by Crippen LogP contribution is 2.38. The largest absolute Gasteiger partial charge is 0.497 e. The first-order valence-corrected chi connectivity index (χ1v) is 9.13. The van der Waals surface area contributed by atoms with Crippen LogP contribution in [0.25, 0.3) is 0 Å². The van der Waals surface area contributed by atoms with Gasteiger partial charge in [-0.1, -0.05) is 48.5 Å². The fourth-order valence-corrected chi connectivity index (χ4v) is 3.54. The summed E-state index contributed by atoms with van der Waals surface area (Å²) in [7, 11) is 3.25. The Labute approximate surface area is 164 Å². The summed E-state index contributed by atoms with van der Waals surface area (Å²) in [6, 6.07) is 23.3. The lowest BCUT2D eigenvalue weighted by molar-refractivity contribution is 0.0728. The van der Waals surface area contributed by atoms with E-state index in [1.54, 1.807) is 14.2 Å². The fourth-order valence-electron chi connectivity index (χ4n) is 3.54. The number of benzene rings is 3. The summed E-state index contributed by atoms with van der Waals surface area (Å²) in [5.41, 5.74) is 3.52. The Morgan fingerprint density at radius 3 is 2.43 bits per heavy atom. The molecule has 0 radical (unpaired) electrons. The van der Waals surface area contributed by atoms with Crippen molar-refractivity contribution in [2.24, 2.45) is 0 Å². The van der Waals surface area contributed by atoms with E-state index in [9.17, 15) is 4.79 Å². The standard InChI is InChI=1S/C23H22N2O3/c1-27-17-12-13-21(28-2)20(14-17)24-22-18-10-6-7-11-19(18)23(26)25(22)15-16-8-4-3-5-9-16/h3-14,22,24H,15H2,1-2H3/t22-/m1/s1. The Hall–Kier alpha value is -3.47. The van der Waals surface area contributed by atoms with Gasteiger partial charge in [0.15, 0.2) is 0 Å². The maximum absolute atomic E-state index is 13.1. The molecule has 1 amide bonds. The summed E-state index contributed by atoms with van der Waals surface area (Å²) in [4.78, 5) is 15.0. The van der Waals surface area contributed by atoms with E-state index in [1.165, 1.54) is 0 Å². The molecule has 0 aromatic heterocycles. The van der Waals surface area contributed by atoms with Crippen molar-refractivity contribution in [2.45, 2.75) is 12.7 Å². The molecule has 0 saturated carbocycles. The third-order valence-electron chi connectivity index (χ3n) is 4.95. The number of amides is 1. The molecular weight excluding hydrogens is 352 g/mol. The highest BCUT2D eigenvalue weighted by Gasteiger charge is 2.36. The first kappa shape index (κ1) is 17.9. The van der Waals surface area contributed by atoms with Gasteiger partial charge in [0.2, 0.25) is 0 Å². The van der Waals surface area contributed by atoms with Gasteiger partial charge in [-0.05, 0) is 23.8 Å². The zero-order valence-corrected chi connectivity index (χ0v) is 15.9. The second kappa shape index (κ2) is 7.64. The molecule has 1 atom stereocenters. The molecular formula is C23H22N2O3. The van der Waals surface area contributed by atoms with Crippen LogP contribution in [0.5, 0.6) is 11.5 Å². The number of ether oxygens (including phenoxy) is 2. The van der Waals surface area contributed by atoms with E-state index in [4.69, 9.17) is 9.47 Å². The molecule has 0 saturated heterocycles. The number of hydrogen-bond donors (Lipinski definition) is 1. The summed E-state index contributed by atoms with van der Waals surface area (Å²) in [5, 5.41) is 3.49. The SMILES string of the molecule is COc1ccc(OC)c(N[C@H]2c3ccccc3C(=O)N2Cc2ccccc2)c1. The lowest BCUT2D eigenvalue weighted by Crippen LogP contribution is -2.32. The van der Waals surface area contributed by atoms with E-state index in [0.717, 1.165) is 28.1 Å². The number of carbonyl (C=O) groups is 1. The Kier molecular flexibility index (Phi) is 4.89. The zero-order chi connectivity index (χ0) is 19.5. The normalized spacial score (nSPS) is 15.3. The van der Waals surface area contributed by atoms with Crippen LogP contribution in [0.2, 0.25) is 0 Å². The van der Waals surface area contributed by atoms with Gasteiger partial charge in [-0.25, -0.2) is 0 Å². The van der Waals surface area contributed by atoms with Crippen LogP contribution in [0.1, 0.15) is 27.7 Å². The van der Waals surface area contributed by atoms with Gasteiger partial charge in [0, 0.05) is 23.7 Å². The lowest BCUT2D eigenvalue weighted by Gasteiger charge is -2.28. The number of nitrogens with zero attached hydrogens (tertiary/aromatic N) is 1. The molecule has 5 nitrogen and oxygen atoms in total. The van der Waals surface area contributed by atoms with Crippen LogP contribution < -0.4 is 14.8 Å². The third kappa shape index (κ3) is 3.27. The molecule has 3 aromatic rings. The van der Waals surface area contributed by atoms with Gasteiger partial charge < -0.3 is 19.7 Å². The smallest absolute Gasteiger partial charge is 0.256 e. The average Bonchev–Trinajstić information content (AvgIpc) is 3.00. The van der Waals surface area contributed by atoms with Gasteiger partial charge >= 0.3 is 0 Å². The highest BCUT2D eigenvalue weighted by molar-refractivity contribution is 5.99. The van der Waals surface area contributed by atoms with Crippen molar-refractivity contribution in [1.82, 2.24) is 4.90 Å². The molecule has 1 aliphatic heterocycles. The third-order valence-corrected chi connectivity index (χ3v) is 4.95. The quantitative estimate of drug-likeness (QED) is 0.692. The predicted octanol–water partition coefficient (Wildman–Crippen LogP) is 4.47. The monoisotopic (exact) mass is 374 g/mol. The van der Waals surface area contributed by atoms with Crippen LogP contribution in [0.4, 0.5) is 5.69 Å². The average molecular weight is 374 g/mol. The van der Waals surface area contributed by atoms with Crippen molar-refractivity contribution < 1.29 is 14.3 Å². The maximum atomic E-state index is 13.1. The molecule has 4 rings (SSSR count). The molecule has 0 fully saturated rings. The fraction of sp³-hybridized carbons (Fsp3) is 0.174. The minimum Gasteiger partial charge on any atom is -0.497 e. The summed E-state index contributed by atoms with van der Waals surface area (Å²) >= 11 is 0. The second-order valence-corrected chi connectivity index (χ2v) is 6.62. The van der Waals surface area contributed by atoms with E-state index in [0.29, 0.717) is 12.3 Å². The second-order valence-electron chi connectivity index (χ2n) is 6.62. The summed E-state index contributed by atoms with van der Waals surface area (Å²) in [6.45, 7) is 0.512. The van der Waals surface area contributed by atoms with Crippen LogP contribution in [-0.4, -0.2) is 25.0 Å². The van der Waals surface area contributed by atoms with Gasteiger partial charge in [0.1, 0.15) is 17.7 Å². The summed E-state index contributed by atoms with van der Waals surface area (Å²) in [5.74, 6) is 1.42. The number of rotatable bonds is 6. The van der Waals surface area contributed by atoms with Crippen molar-refractivity contribution in [2.75, 3.05) is 19.5 Å². The molecule has 1 N–H and O–H groups in total. The molecule has 3 aromatic carbocycles. The zero-order valence-electron chi connectivity index (χ0n) is 15.9.